The van der Waals surface area contributed by atoms with Crippen molar-refractivity contribution in [3.8, 4) is 5.75 Å². The van der Waals surface area contributed by atoms with Crippen molar-refractivity contribution in [2.45, 2.75) is 13.0 Å². The maximum Gasteiger partial charge on any atom is 0.244 e. The van der Waals surface area contributed by atoms with Crippen LogP contribution in [-0.4, -0.2) is 26.1 Å². The highest BCUT2D eigenvalue weighted by atomic mass is 35.5. The molecule has 26 heavy (non-hydrogen) atoms. The van der Waals surface area contributed by atoms with Crippen molar-refractivity contribution in [2.75, 3.05) is 25.1 Å². The van der Waals surface area contributed by atoms with Gasteiger partial charge in [0.25, 0.3) is 0 Å². The number of fused-ring (bicyclic) bond motifs is 1. The number of rotatable bonds is 4. The molecule has 0 fully saturated rings. The zero-order chi connectivity index (χ0) is 18.7. The van der Waals surface area contributed by atoms with Crippen LogP contribution in [0.4, 0.5) is 5.69 Å². The molecule has 2 aromatic carbocycles. The van der Waals surface area contributed by atoms with Gasteiger partial charge in [-0.15, -0.1) is 0 Å². The maximum absolute atomic E-state index is 12.2. The fourth-order valence-corrected chi connectivity index (χ4v) is 3.26. The van der Waals surface area contributed by atoms with Gasteiger partial charge in [-0.25, -0.2) is 0 Å². The maximum atomic E-state index is 12.2. The van der Waals surface area contributed by atoms with Crippen molar-refractivity contribution in [2.24, 2.45) is 0 Å². The van der Waals surface area contributed by atoms with Gasteiger partial charge in [-0.05, 0) is 48.4 Å². The molecule has 1 aliphatic heterocycles. The minimum atomic E-state index is -0.189. The lowest BCUT2D eigenvalue weighted by atomic mass is 10.1. The van der Waals surface area contributed by atoms with E-state index in [1.54, 1.807) is 24.3 Å². The second kappa shape index (κ2) is 8.02. The Kier molecular flexibility index (Phi) is 5.74. The van der Waals surface area contributed by atoms with Crippen LogP contribution < -0.4 is 15.0 Å². The number of ether oxygens (including phenoxy) is 1. The smallest absolute Gasteiger partial charge is 0.244 e. The van der Waals surface area contributed by atoms with E-state index < -0.39 is 0 Å². The van der Waals surface area contributed by atoms with Crippen molar-refractivity contribution in [1.82, 2.24) is 5.32 Å². The molecule has 0 spiro atoms. The SMILES string of the molecule is CC(NC(=O)C=Cc1ccc(Cl)cc1Cl)c1ccc2c(c1)N(C)CCO2. The Morgan fingerprint density at radius 1 is 1.27 bits per heavy atom. The van der Waals surface area contributed by atoms with Crippen LogP contribution in [0.25, 0.3) is 6.08 Å². The Balaban J connectivity index is 1.67. The van der Waals surface area contributed by atoms with Gasteiger partial charge in [0.1, 0.15) is 12.4 Å². The molecule has 3 rings (SSSR count). The summed E-state index contributed by atoms with van der Waals surface area (Å²) in [5, 5.41) is 4.03. The first-order valence-corrected chi connectivity index (χ1v) is 9.11. The third kappa shape index (κ3) is 4.32. The van der Waals surface area contributed by atoms with Crippen LogP contribution >= 0.6 is 23.2 Å². The molecule has 0 aliphatic carbocycles. The number of hydrogen-bond acceptors (Lipinski definition) is 3. The van der Waals surface area contributed by atoms with Crippen LogP contribution in [-0.2, 0) is 4.79 Å². The standard InChI is InChI=1S/C20H20Cl2N2O2/c1-13(15-4-7-19-18(11-15)24(2)9-10-26-19)23-20(25)8-5-14-3-6-16(21)12-17(14)22/h3-8,11-13H,9-10H2,1-2H3,(H,23,25). The minimum Gasteiger partial charge on any atom is -0.490 e. The molecule has 1 amide bonds. The summed E-state index contributed by atoms with van der Waals surface area (Å²) in [5.74, 6) is 0.684. The van der Waals surface area contributed by atoms with E-state index in [9.17, 15) is 4.79 Å². The molecule has 1 atom stereocenters. The molecular formula is C20H20Cl2N2O2. The second-order valence-corrected chi connectivity index (χ2v) is 7.07. The van der Waals surface area contributed by atoms with Crippen LogP contribution in [0.5, 0.6) is 5.75 Å². The molecule has 136 valence electrons. The quantitative estimate of drug-likeness (QED) is 0.768. The van der Waals surface area contributed by atoms with E-state index in [0.29, 0.717) is 16.7 Å². The number of hydrogen-bond donors (Lipinski definition) is 1. The van der Waals surface area contributed by atoms with E-state index in [1.165, 1.54) is 6.08 Å². The normalized spacial score (nSPS) is 14.7. The molecule has 1 aliphatic rings. The molecular weight excluding hydrogens is 371 g/mol. The van der Waals surface area contributed by atoms with Gasteiger partial charge >= 0.3 is 0 Å². The van der Waals surface area contributed by atoms with E-state index in [0.717, 1.165) is 29.1 Å². The molecule has 0 saturated heterocycles. The van der Waals surface area contributed by atoms with Gasteiger partial charge in [0, 0.05) is 23.2 Å². The molecule has 1 unspecified atom stereocenters. The van der Waals surface area contributed by atoms with Crippen LogP contribution in [0.1, 0.15) is 24.1 Å². The average molecular weight is 391 g/mol. The fourth-order valence-electron chi connectivity index (χ4n) is 2.78. The number of benzene rings is 2. The highest BCUT2D eigenvalue weighted by Crippen LogP contribution is 2.33. The summed E-state index contributed by atoms with van der Waals surface area (Å²) in [4.78, 5) is 14.4. The summed E-state index contributed by atoms with van der Waals surface area (Å²) in [6.45, 7) is 3.49. The average Bonchev–Trinajstić information content (AvgIpc) is 2.61. The highest BCUT2D eigenvalue weighted by Gasteiger charge is 2.17. The number of nitrogens with one attached hydrogen (secondary N) is 1. The number of nitrogens with zero attached hydrogens (tertiary/aromatic N) is 1. The van der Waals surface area contributed by atoms with E-state index in [-0.39, 0.29) is 11.9 Å². The van der Waals surface area contributed by atoms with Crippen molar-refractivity contribution in [3.63, 3.8) is 0 Å². The summed E-state index contributed by atoms with van der Waals surface area (Å²) >= 11 is 12.0. The van der Waals surface area contributed by atoms with Crippen molar-refractivity contribution >= 4 is 40.9 Å². The molecule has 0 saturated carbocycles. The molecule has 0 aromatic heterocycles. The third-order valence-corrected chi connectivity index (χ3v) is 4.88. The largest absolute Gasteiger partial charge is 0.490 e. The van der Waals surface area contributed by atoms with Gasteiger partial charge in [0.05, 0.1) is 18.3 Å². The van der Waals surface area contributed by atoms with E-state index in [1.807, 2.05) is 26.1 Å². The zero-order valence-corrected chi connectivity index (χ0v) is 16.1. The number of anilines is 1. The molecule has 6 heteroatoms. The summed E-state index contributed by atoms with van der Waals surface area (Å²) in [6.07, 6.45) is 3.15. The number of carbonyl (C=O) groups excluding carboxylic acids is 1. The van der Waals surface area contributed by atoms with Crippen molar-refractivity contribution < 1.29 is 9.53 Å². The molecule has 1 heterocycles. The lowest BCUT2D eigenvalue weighted by Gasteiger charge is -2.28. The monoisotopic (exact) mass is 390 g/mol. The Bertz CT molecular complexity index is 852. The Morgan fingerprint density at radius 3 is 2.85 bits per heavy atom. The van der Waals surface area contributed by atoms with Gasteiger partial charge in [0.2, 0.25) is 5.91 Å². The van der Waals surface area contributed by atoms with Gasteiger partial charge in [-0.2, -0.15) is 0 Å². The lowest BCUT2D eigenvalue weighted by molar-refractivity contribution is -0.117. The number of halogens is 2. The van der Waals surface area contributed by atoms with E-state index in [2.05, 4.69) is 16.3 Å². The van der Waals surface area contributed by atoms with Crippen LogP contribution in [0.2, 0.25) is 10.0 Å². The van der Waals surface area contributed by atoms with Crippen LogP contribution in [0.15, 0.2) is 42.5 Å². The van der Waals surface area contributed by atoms with Gasteiger partial charge in [0.15, 0.2) is 0 Å². The molecule has 2 aromatic rings. The highest BCUT2D eigenvalue weighted by molar-refractivity contribution is 6.35. The fraction of sp³-hybridized carbons (Fsp3) is 0.250. The molecule has 0 bridgehead atoms. The van der Waals surface area contributed by atoms with Gasteiger partial charge < -0.3 is 15.0 Å². The van der Waals surface area contributed by atoms with Gasteiger partial charge in [-0.1, -0.05) is 35.3 Å². The first kappa shape index (κ1) is 18.6. The minimum absolute atomic E-state index is 0.131. The first-order valence-electron chi connectivity index (χ1n) is 8.35. The first-order chi connectivity index (χ1) is 12.4. The van der Waals surface area contributed by atoms with Crippen molar-refractivity contribution in [3.05, 3.63) is 63.6 Å². The van der Waals surface area contributed by atoms with Crippen LogP contribution in [0, 0.1) is 0 Å². The number of likely N-dealkylation sites (N-methyl/N-ethyl adjacent to an activating group) is 1. The summed E-state index contributed by atoms with van der Waals surface area (Å²) in [6, 6.07) is 11.0. The number of amides is 1. The zero-order valence-electron chi connectivity index (χ0n) is 14.6. The molecule has 0 radical (unpaired) electrons. The Hall–Kier alpha value is -2.17. The van der Waals surface area contributed by atoms with E-state index >= 15 is 0 Å². The topological polar surface area (TPSA) is 41.6 Å². The predicted octanol–water partition coefficient (Wildman–Crippen LogP) is 4.71. The molecule has 4 nitrogen and oxygen atoms in total. The predicted molar refractivity (Wildman–Crippen MR) is 107 cm³/mol. The summed E-state index contributed by atoms with van der Waals surface area (Å²) in [7, 11) is 2.03. The number of carbonyl (C=O) groups is 1. The second-order valence-electron chi connectivity index (χ2n) is 6.23. The Labute approximate surface area is 163 Å². The van der Waals surface area contributed by atoms with Crippen molar-refractivity contribution in [1.29, 1.82) is 0 Å². The lowest BCUT2D eigenvalue weighted by Crippen LogP contribution is -2.29. The molecule has 1 N–H and O–H groups in total. The van der Waals surface area contributed by atoms with Gasteiger partial charge in [-0.3, -0.25) is 4.79 Å². The third-order valence-electron chi connectivity index (χ3n) is 4.31. The van der Waals surface area contributed by atoms with E-state index in [4.69, 9.17) is 27.9 Å². The Morgan fingerprint density at radius 2 is 2.08 bits per heavy atom. The van der Waals surface area contributed by atoms with Crippen LogP contribution in [0.3, 0.4) is 0 Å². The summed E-state index contributed by atoms with van der Waals surface area (Å²) in [5.41, 5.74) is 2.80. The summed E-state index contributed by atoms with van der Waals surface area (Å²) < 4.78 is 5.65.